The third-order valence-electron chi connectivity index (χ3n) is 4.67. The van der Waals surface area contributed by atoms with E-state index in [4.69, 9.17) is 4.74 Å². The van der Waals surface area contributed by atoms with E-state index >= 15 is 0 Å². The van der Waals surface area contributed by atoms with E-state index in [0.717, 1.165) is 16.7 Å². The first-order chi connectivity index (χ1) is 12.4. The Kier molecular flexibility index (Phi) is 4.94. The van der Waals surface area contributed by atoms with Crippen molar-refractivity contribution in [2.75, 3.05) is 0 Å². The van der Waals surface area contributed by atoms with E-state index in [1.54, 1.807) is 0 Å². The molecule has 26 heavy (non-hydrogen) atoms. The molecule has 0 N–H and O–H groups in total. The van der Waals surface area contributed by atoms with Crippen LogP contribution in [0.25, 0.3) is 0 Å². The van der Waals surface area contributed by atoms with E-state index < -0.39 is 5.60 Å². The molecule has 3 rings (SSSR count). The molecule has 0 heterocycles. The Morgan fingerprint density at radius 3 is 1.12 bits per heavy atom. The number of benzene rings is 3. The van der Waals surface area contributed by atoms with Gasteiger partial charge < -0.3 is 4.74 Å². The lowest BCUT2D eigenvalue weighted by atomic mass is 9.79. The maximum absolute atomic E-state index is 12.2. The largest absolute Gasteiger partial charge is 0.444 e. The predicted molar refractivity (Wildman–Crippen MR) is 105 cm³/mol. The Balaban J connectivity index is 2.33. The number of hydrogen-bond donors (Lipinski definition) is 0. The van der Waals surface area contributed by atoms with Crippen molar-refractivity contribution in [1.29, 1.82) is 0 Å². The van der Waals surface area contributed by atoms with Gasteiger partial charge in [0.1, 0.15) is 0 Å². The Morgan fingerprint density at radius 2 is 0.885 bits per heavy atom. The van der Waals surface area contributed by atoms with Crippen LogP contribution >= 0.6 is 0 Å². The highest BCUT2D eigenvalue weighted by Gasteiger charge is 2.39. The van der Waals surface area contributed by atoms with E-state index in [1.807, 2.05) is 36.4 Å². The summed E-state index contributed by atoms with van der Waals surface area (Å²) in [6.45, 7) is 7.62. The van der Waals surface area contributed by atoms with Crippen LogP contribution in [0.2, 0.25) is 0 Å². The summed E-state index contributed by atoms with van der Waals surface area (Å²) in [5.41, 5.74) is 5.33. The quantitative estimate of drug-likeness (QED) is 0.463. The van der Waals surface area contributed by atoms with Gasteiger partial charge >= 0.3 is 5.97 Å². The van der Waals surface area contributed by atoms with Crippen LogP contribution in [0.15, 0.2) is 72.8 Å². The summed E-state index contributed by atoms with van der Waals surface area (Å²) in [5, 5.41) is 0. The molecule has 132 valence electrons. The fourth-order valence-corrected chi connectivity index (χ4v) is 3.26. The van der Waals surface area contributed by atoms with E-state index in [0.29, 0.717) is 0 Å². The zero-order valence-corrected chi connectivity index (χ0v) is 15.7. The lowest BCUT2D eigenvalue weighted by Gasteiger charge is -2.35. The molecule has 0 amide bonds. The van der Waals surface area contributed by atoms with E-state index in [-0.39, 0.29) is 5.97 Å². The van der Waals surface area contributed by atoms with Gasteiger partial charge in [-0.05, 0) is 20.8 Å². The zero-order chi connectivity index (χ0) is 18.7. The number of aryl methyl sites for hydroxylation is 3. The first-order valence-corrected chi connectivity index (χ1v) is 8.83. The van der Waals surface area contributed by atoms with Gasteiger partial charge in [-0.15, -0.1) is 0 Å². The fourth-order valence-electron chi connectivity index (χ4n) is 3.26. The molecule has 0 bridgehead atoms. The van der Waals surface area contributed by atoms with Gasteiger partial charge in [-0.25, -0.2) is 0 Å². The van der Waals surface area contributed by atoms with Crippen molar-refractivity contribution < 1.29 is 9.53 Å². The van der Waals surface area contributed by atoms with Gasteiger partial charge in [0, 0.05) is 23.6 Å². The Labute approximate surface area is 155 Å². The maximum atomic E-state index is 12.2. The maximum Gasteiger partial charge on any atom is 0.304 e. The number of hydrogen-bond acceptors (Lipinski definition) is 2. The van der Waals surface area contributed by atoms with Crippen LogP contribution in [-0.2, 0) is 15.1 Å². The molecule has 0 fully saturated rings. The lowest BCUT2D eigenvalue weighted by molar-refractivity contribution is -0.150. The molecule has 0 unspecified atom stereocenters. The van der Waals surface area contributed by atoms with E-state index in [2.05, 4.69) is 57.2 Å². The second kappa shape index (κ2) is 7.17. The highest BCUT2D eigenvalue weighted by atomic mass is 16.6. The topological polar surface area (TPSA) is 26.3 Å². The van der Waals surface area contributed by atoms with Crippen LogP contribution in [0.5, 0.6) is 0 Å². The Hall–Kier alpha value is -2.87. The van der Waals surface area contributed by atoms with E-state index in [1.165, 1.54) is 23.6 Å². The monoisotopic (exact) mass is 344 g/mol. The summed E-state index contributed by atoms with van der Waals surface area (Å²) in [5.74, 6) is -0.313. The number of ether oxygens (including phenoxy) is 1. The number of rotatable bonds is 4. The van der Waals surface area contributed by atoms with Crippen molar-refractivity contribution in [2.45, 2.75) is 33.3 Å². The highest BCUT2D eigenvalue weighted by molar-refractivity contribution is 5.69. The Bertz CT molecular complexity index is 778. The summed E-state index contributed by atoms with van der Waals surface area (Å²) in [6.07, 6.45) is 0. The minimum atomic E-state index is -0.971. The van der Waals surface area contributed by atoms with Gasteiger partial charge in [0.15, 0.2) is 5.60 Å². The number of carbonyl (C=O) groups is 1. The number of esters is 1. The van der Waals surface area contributed by atoms with Crippen molar-refractivity contribution in [1.82, 2.24) is 0 Å². The molecule has 0 aromatic heterocycles. The van der Waals surface area contributed by atoms with Crippen LogP contribution in [0.1, 0.15) is 40.3 Å². The molecule has 0 saturated carbocycles. The first-order valence-electron chi connectivity index (χ1n) is 8.83. The molecule has 0 saturated heterocycles. The average molecular weight is 344 g/mol. The first kappa shape index (κ1) is 17.9. The smallest absolute Gasteiger partial charge is 0.304 e. The lowest BCUT2D eigenvalue weighted by Crippen LogP contribution is -2.34. The third kappa shape index (κ3) is 3.41. The van der Waals surface area contributed by atoms with Crippen LogP contribution < -0.4 is 0 Å². The van der Waals surface area contributed by atoms with Gasteiger partial charge in [-0.2, -0.15) is 0 Å². The van der Waals surface area contributed by atoms with Crippen molar-refractivity contribution in [3.63, 3.8) is 0 Å². The normalized spacial score (nSPS) is 11.2. The highest BCUT2D eigenvalue weighted by Crippen LogP contribution is 2.41. The van der Waals surface area contributed by atoms with Gasteiger partial charge in [-0.1, -0.05) is 89.5 Å². The summed E-state index contributed by atoms with van der Waals surface area (Å²) < 4.78 is 6.08. The molecule has 0 aliphatic rings. The second-order valence-corrected chi connectivity index (χ2v) is 6.87. The van der Waals surface area contributed by atoms with E-state index in [9.17, 15) is 4.79 Å². The van der Waals surface area contributed by atoms with Crippen molar-refractivity contribution >= 4 is 5.97 Å². The SMILES string of the molecule is CC(=O)OC(c1ccc(C)cc1)(c1ccc(C)cc1)c1ccc(C)cc1. The molecular formula is C24H24O2. The van der Waals surface area contributed by atoms with Crippen LogP contribution in [0.4, 0.5) is 0 Å². The predicted octanol–water partition coefficient (Wildman–Crippen LogP) is 5.47. The molecule has 3 aromatic rings. The third-order valence-corrected chi connectivity index (χ3v) is 4.67. The van der Waals surface area contributed by atoms with Crippen molar-refractivity contribution in [3.05, 3.63) is 106 Å². The molecule has 3 aromatic carbocycles. The molecular weight excluding hydrogens is 320 g/mol. The van der Waals surface area contributed by atoms with Gasteiger partial charge in [0.2, 0.25) is 0 Å². The molecule has 2 nitrogen and oxygen atoms in total. The molecule has 0 aliphatic heterocycles. The minimum Gasteiger partial charge on any atom is -0.444 e. The molecule has 0 atom stereocenters. The Morgan fingerprint density at radius 1 is 0.615 bits per heavy atom. The fraction of sp³-hybridized carbons (Fsp3) is 0.208. The second-order valence-electron chi connectivity index (χ2n) is 6.87. The summed E-state index contributed by atoms with van der Waals surface area (Å²) in [6, 6.07) is 24.5. The molecule has 0 aliphatic carbocycles. The van der Waals surface area contributed by atoms with Crippen LogP contribution in [0.3, 0.4) is 0 Å². The number of carbonyl (C=O) groups excluding carboxylic acids is 1. The zero-order valence-electron chi connectivity index (χ0n) is 15.7. The molecule has 0 spiro atoms. The minimum absolute atomic E-state index is 0.313. The summed E-state index contributed by atoms with van der Waals surface area (Å²) in [4.78, 5) is 12.2. The molecule has 0 radical (unpaired) electrons. The van der Waals surface area contributed by atoms with Crippen LogP contribution in [0, 0.1) is 20.8 Å². The summed E-state index contributed by atoms with van der Waals surface area (Å²) >= 11 is 0. The standard InChI is InChI=1S/C24H24O2/c1-17-5-11-21(12-6-17)24(26-20(4)25,22-13-7-18(2)8-14-22)23-15-9-19(3)10-16-23/h5-16H,1-4H3. The summed E-state index contributed by atoms with van der Waals surface area (Å²) in [7, 11) is 0. The van der Waals surface area contributed by atoms with Gasteiger partial charge in [-0.3, -0.25) is 4.79 Å². The average Bonchev–Trinajstić information content (AvgIpc) is 2.62. The van der Waals surface area contributed by atoms with Gasteiger partial charge in [0.05, 0.1) is 0 Å². The van der Waals surface area contributed by atoms with Crippen LogP contribution in [-0.4, -0.2) is 5.97 Å². The van der Waals surface area contributed by atoms with Crippen molar-refractivity contribution in [2.24, 2.45) is 0 Å². The van der Waals surface area contributed by atoms with Gasteiger partial charge in [0.25, 0.3) is 0 Å². The molecule has 2 heteroatoms. The van der Waals surface area contributed by atoms with Crippen molar-refractivity contribution in [3.8, 4) is 0 Å².